The highest BCUT2D eigenvalue weighted by molar-refractivity contribution is 5.96. The molecule has 1 aromatic carbocycles. The molecule has 1 N–H and O–H groups in total. The van der Waals surface area contributed by atoms with Crippen LogP contribution in [0.2, 0.25) is 0 Å². The number of nitrogens with zero attached hydrogens (tertiary/aromatic N) is 1. The Balaban J connectivity index is 2.05. The van der Waals surface area contributed by atoms with Gasteiger partial charge >= 0.3 is 0 Å². The van der Waals surface area contributed by atoms with Gasteiger partial charge in [0.15, 0.2) is 0 Å². The Kier molecular flexibility index (Phi) is 4.71. The molecule has 0 saturated carbocycles. The lowest BCUT2D eigenvalue weighted by atomic mass is 10.1. The summed E-state index contributed by atoms with van der Waals surface area (Å²) in [6.45, 7) is 0.273. The Hall–Kier alpha value is -2.63. The van der Waals surface area contributed by atoms with Gasteiger partial charge in [0.05, 0.1) is 19.8 Å². The average molecular weight is 290 g/mol. The molecule has 0 bridgehead atoms. The Bertz CT molecular complexity index is 629. The number of hydrogen-bond donors (Lipinski definition) is 1. The van der Waals surface area contributed by atoms with Crippen LogP contribution in [0.3, 0.4) is 0 Å². The number of benzene rings is 1. The lowest BCUT2D eigenvalue weighted by Gasteiger charge is -2.09. The van der Waals surface area contributed by atoms with Gasteiger partial charge in [-0.2, -0.15) is 0 Å². The summed E-state index contributed by atoms with van der Waals surface area (Å²) in [6.07, 6.45) is 1.60. The second-order valence-electron chi connectivity index (χ2n) is 4.24. The van der Waals surface area contributed by atoms with Crippen LogP contribution in [-0.4, -0.2) is 25.1 Å². The van der Waals surface area contributed by atoms with E-state index in [1.165, 1.54) is 26.4 Å². The maximum absolute atomic E-state index is 13.2. The van der Waals surface area contributed by atoms with E-state index in [1.807, 2.05) is 0 Å². The van der Waals surface area contributed by atoms with Crippen LogP contribution in [0, 0.1) is 5.82 Å². The first-order chi connectivity index (χ1) is 10.1. The van der Waals surface area contributed by atoms with Gasteiger partial charge in [-0.3, -0.25) is 4.79 Å². The highest BCUT2D eigenvalue weighted by Gasteiger charge is 2.13. The molecule has 0 saturated heterocycles. The first-order valence-electron chi connectivity index (χ1n) is 6.24. The molecule has 1 amide bonds. The van der Waals surface area contributed by atoms with Gasteiger partial charge in [0.2, 0.25) is 5.88 Å². The molecule has 0 aliphatic carbocycles. The van der Waals surface area contributed by atoms with Crippen LogP contribution < -0.4 is 14.8 Å². The van der Waals surface area contributed by atoms with Gasteiger partial charge in [-0.25, -0.2) is 9.37 Å². The van der Waals surface area contributed by atoms with Gasteiger partial charge in [0.25, 0.3) is 5.91 Å². The van der Waals surface area contributed by atoms with Crippen molar-refractivity contribution in [1.82, 2.24) is 10.3 Å². The van der Waals surface area contributed by atoms with E-state index in [-0.39, 0.29) is 12.1 Å². The minimum Gasteiger partial charge on any atom is -0.496 e. The molecule has 1 heterocycles. The molecular weight excluding hydrogens is 275 g/mol. The van der Waals surface area contributed by atoms with E-state index in [4.69, 9.17) is 9.47 Å². The zero-order valence-corrected chi connectivity index (χ0v) is 11.7. The van der Waals surface area contributed by atoms with Gasteiger partial charge < -0.3 is 14.8 Å². The predicted molar refractivity (Wildman–Crippen MR) is 74.9 cm³/mol. The molecule has 110 valence electrons. The minimum absolute atomic E-state index is 0.152. The van der Waals surface area contributed by atoms with Crippen molar-refractivity contribution in [3.8, 4) is 11.6 Å². The number of halogens is 1. The van der Waals surface area contributed by atoms with Gasteiger partial charge in [-0.15, -0.1) is 0 Å². The highest BCUT2D eigenvalue weighted by atomic mass is 19.1. The number of pyridine rings is 1. The zero-order chi connectivity index (χ0) is 15.2. The average Bonchev–Trinajstić information content (AvgIpc) is 2.53. The summed E-state index contributed by atoms with van der Waals surface area (Å²) in [5, 5.41) is 2.69. The summed E-state index contributed by atoms with van der Waals surface area (Å²) in [4.78, 5) is 16.1. The molecular formula is C15H15FN2O3. The van der Waals surface area contributed by atoms with E-state index in [0.29, 0.717) is 11.6 Å². The maximum Gasteiger partial charge on any atom is 0.255 e. The van der Waals surface area contributed by atoms with Crippen LogP contribution >= 0.6 is 0 Å². The lowest BCUT2D eigenvalue weighted by Crippen LogP contribution is -2.23. The van der Waals surface area contributed by atoms with Crippen molar-refractivity contribution in [3.05, 3.63) is 53.5 Å². The van der Waals surface area contributed by atoms with Gasteiger partial charge in [0.1, 0.15) is 11.6 Å². The summed E-state index contributed by atoms with van der Waals surface area (Å²) < 4.78 is 23.2. The van der Waals surface area contributed by atoms with Crippen molar-refractivity contribution in [2.24, 2.45) is 0 Å². The summed E-state index contributed by atoms with van der Waals surface area (Å²) in [6, 6.07) is 7.28. The first kappa shape index (κ1) is 14.8. The Morgan fingerprint density at radius 3 is 2.67 bits per heavy atom. The van der Waals surface area contributed by atoms with Crippen LogP contribution in [0.25, 0.3) is 0 Å². The van der Waals surface area contributed by atoms with Crippen molar-refractivity contribution in [1.29, 1.82) is 0 Å². The van der Waals surface area contributed by atoms with Crippen molar-refractivity contribution >= 4 is 5.91 Å². The van der Waals surface area contributed by atoms with E-state index in [9.17, 15) is 9.18 Å². The largest absolute Gasteiger partial charge is 0.496 e. The number of hydrogen-bond acceptors (Lipinski definition) is 4. The summed E-state index contributed by atoms with van der Waals surface area (Å²) in [5.41, 5.74) is 0.957. The number of ether oxygens (including phenoxy) is 2. The molecule has 0 atom stereocenters. The standard InChI is InChI=1S/C15H15FN2O3/c1-20-13-5-4-11(16)7-12(13)15(19)18-9-10-3-6-14(21-2)17-8-10/h3-8H,9H2,1-2H3,(H,18,19). The number of aromatic nitrogens is 1. The van der Waals surface area contributed by atoms with Gasteiger partial charge in [0, 0.05) is 18.8 Å². The molecule has 6 heteroatoms. The quantitative estimate of drug-likeness (QED) is 0.916. The Morgan fingerprint density at radius 1 is 1.24 bits per heavy atom. The minimum atomic E-state index is -0.493. The normalized spacial score (nSPS) is 10.0. The number of amides is 1. The molecule has 21 heavy (non-hydrogen) atoms. The highest BCUT2D eigenvalue weighted by Crippen LogP contribution is 2.19. The van der Waals surface area contributed by atoms with Crippen molar-refractivity contribution < 1.29 is 18.7 Å². The third kappa shape index (κ3) is 3.68. The monoisotopic (exact) mass is 290 g/mol. The number of carbonyl (C=O) groups is 1. The predicted octanol–water partition coefficient (Wildman–Crippen LogP) is 2.17. The second-order valence-corrected chi connectivity index (χ2v) is 4.24. The summed E-state index contributed by atoms with van der Waals surface area (Å²) in [5.74, 6) is -0.0899. The third-order valence-corrected chi connectivity index (χ3v) is 2.87. The van der Waals surface area contributed by atoms with Crippen LogP contribution in [0.15, 0.2) is 36.5 Å². The molecule has 0 aliphatic heterocycles. The zero-order valence-electron chi connectivity index (χ0n) is 11.7. The van der Waals surface area contributed by atoms with Crippen LogP contribution in [-0.2, 0) is 6.54 Å². The SMILES string of the molecule is COc1ccc(CNC(=O)c2cc(F)ccc2OC)cn1. The molecule has 2 rings (SSSR count). The number of carbonyl (C=O) groups excluding carboxylic acids is 1. The van der Waals surface area contributed by atoms with Crippen LogP contribution in [0.5, 0.6) is 11.6 Å². The fraction of sp³-hybridized carbons (Fsp3) is 0.200. The molecule has 5 nitrogen and oxygen atoms in total. The second kappa shape index (κ2) is 6.69. The Morgan fingerprint density at radius 2 is 2.05 bits per heavy atom. The van der Waals surface area contributed by atoms with E-state index in [2.05, 4.69) is 10.3 Å². The topological polar surface area (TPSA) is 60.5 Å². The molecule has 0 fully saturated rings. The number of methoxy groups -OCH3 is 2. The lowest BCUT2D eigenvalue weighted by molar-refractivity contribution is 0.0947. The summed E-state index contributed by atoms with van der Waals surface area (Å²) in [7, 11) is 2.96. The van der Waals surface area contributed by atoms with Crippen molar-refractivity contribution in [3.63, 3.8) is 0 Å². The van der Waals surface area contributed by atoms with E-state index in [0.717, 1.165) is 11.6 Å². The molecule has 1 aromatic heterocycles. The summed E-state index contributed by atoms with van der Waals surface area (Å²) >= 11 is 0. The van der Waals surface area contributed by atoms with E-state index in [1.54, 1.807) is 18.3 Å². The fourth-order valence-electron chi connectivity index (χ4n) is 1.77. The van der Waals surface area contributed by atoms with Crippen molar-refractivity contribution in [2.75, 3.05) is 14.2 Å². The smallest absolute Gasteiger partial charge is 0.255 e. The fourth-order valence-corrected chi connectivity index (χ4v) is 1.77. The third-order valence-electron chi connectivity index (χ3n) is 2.87. The first-order valence-corrected chi connectivity index (χ1v) is 6.24. The molecule has 0 unspecified atom stereocenters. The number of rotatable bonds is 5. The van der Waals surface area contributed by atoms with Crippen LogP contribution in [0.4, 0.5) is 4.39 Å². The van der Waals surface area contributed by atoms with Crippen LogP contribution in [0.1, 0.15) is 15.9 Å². The van der Waals surface area contributed by atoms with Crippen molar-refractivity contribution in [2.45, 2.75) is 6.54 Å². The molecule has 0 radical (unpaired) electrons. The van der Waals surface area contributed by atoms with E-state index >= 15 is 0 Å². The molecule has 0 spiro atoms. The number of nitrogens with one attached hydrogen (secondary N) is 1. The maximum atomic E-state index is 13.2. The van der Waals surface area contributed by atoms with E-state index < -0.39 is 11.7 Å². The van der Waals surface area contributed by atoms with Gasteiger partial charge in [-0.05, 0) is 23.8 Å². The van der Waals surface area contributed by atoms with Gasteiger partial charge in [-0.1, -0.05) is 6.07 Å². The molecule has 2 aromatic rings. The Labute approximate surface area is 121 Å². The molecule has 0 aliphatic rings.